The quantitative estimate of drug-likeness (QED) is 0.876. The number of anilines is 2. The molecule has 0 atom stereocenters. The van der Waals surface area contributed by atoms with Crippen molar-refractivity contribution in [2.45, 2.75) is 13.3 Å². The lowest BCUT2D eigenvalue weighted by molar-refractivity contribution is -0.274. The van der Waals surface area contributed by atoms with Crippen LogP contribution in [0.5, 0.6) is 5.75 Å². The Morgan fingerprint density at radius 3 is 2.13 bits per heavy atom. The van der Waals surface area contributed by atoms with Crippen LogP contribution in [-0.4, -0.2) is 18.8 Å². The molecule has 0 saturated heterocycles. The van der Waals surface area contributed by atoms with E-state index < -0.39 is 6.36 Å². The number of ether oxygens (including phenoxy) is 1. The number of hydrogen-bond donors (Lipinski definition) is 2. The minimum absolute atomic E-state index is 0.00660. The van der Waals surface area contributed by atoms with E-state index in [0.717, 1.165) is 5.56 Å². The van der Waals surface area contributed by atoms with Gasteiger partial charge < -0.3 is 15.4 Å². The number of alkyl halides is 3. The van der Waals surface area contributed by atoms with Crippen molar-refractivity contribution >= 4 is 17.3 Å². The van der Waals surface area contributed by atoms with Crippen LogP contribution >= 0.6 is 0 Å². The van der Waals surface area contributed by atoms with Crippen LogP contribution in [0.1, 0.15) is 5.56 Å². The summed E-state index contributed by atoms with van der Waals surface area (Å²) in [7, 11) is 0. The number of carbonyl (C=O) groups excluding carboxylic acids is 1. The van der Waals surface area contributed by atoms with E-state index in [9.17, 15) is 18.0 Å². The Bertz CT molecular complexity index is 653. The second-order valence-electron chi connectivity index (χ2n) is 4.84. The summed E-state index contributed by atoms with van der Waals surface area (Å²) in [5.74, 6) is -0.573. The van der Waals surface area contributed by atoms with Crippen LogP contribution in [0.3, 0.4) is 0 Å². The van der Waals surface area contributed by atoms with Crippen LogP contribution in [0.4, 0.5) is 24.5 Å². The van der Waals surface area contributed by atoms with Crippen molar-refractivity contribution in [1.29, 1.82) is 0 Å². The first-order valence-corrected chi connectivity index (χ1v) is 6.78. The Morgan fingerprint density at radius 1 is 1.00 bits per heavy atom. The molecule has 0 spiro atoms. The standard InChI is InChI=1S/C16H15F3N2O2/c1-11-2-4-13(5-3-11)21-15(22)10-20-12-6-8-14(9-7-12)23-16(17,18)19/h2-9,20H,10H2,1H3,(H,21,22). The molecule has 0 unspecified atom stereocenters. The number of nitrogens with one attached hydrogen (secondary N) is 2. The summed E-state index contributed by atoms with van der Waals surface area (Å²) in [6, 6.07) is 12.5. The van der Waals surface area contributed by atoms with Crippen molar-refractivity contribution in [3.8, 4) is 5.75 Å². The van der Waals surface area contributed by atoms with Crippen molar-refractivity contribution in [3.05, 3.63) is 54.1 Å². The van der Waals surface area contributed by atoms with Crippen molar-refractivity contribution in [2.75, 3.05) is 17.2 Å². The normalized spacial score (nSPS) is 11.0. The number of amides is 1. The Labute approximate surface area is 131 Å². The van der Waals surface area contributed by atoms with Gasteiger partial charge in [0.2, 0.25) is 5.91 Å². The SMILES string of the molecule is Cc1ccc(NC(=O)CNc2ccc(OC(F)(F)F)cc2)cc1. The van der Waals surface area contributed by atoms with Gasteiger partial charge in [0.1, 0.15) is 5.75 Å². The van der Waals surface area contributed by atoms with E-state index in [0.29, 0.717) is 11.4 Å². The maximum atomic E-state index is 12.0. The molecule has 0 aromatic heterocycles. The van der Waals surface area contributed by atoms with Crippen LogP contribution in [0.2, 0.25) is 0 Å². The van der Waals surface area contributed by atoms with E-state index in [1.807, 2.05) is 19.1 Å². The number of hydrogen-bond acceptors (Lipinski definition) is 3. The van der Waals surface area contributed by atoms with E-state index in [2.05, 4.69) is 15.4 Å². The van der Waals surface area contributed by atoms with Gasteiger partial charge >= 0.3 is 6.36 Å². The fourth-order valence-corrected chi connectivity index (χ4v) is 1.80. The topological polar surface area (TPSA) is 50.4 Å². The monoisotopic (exact) mass is 324 g/mol. The lowest BCUT2D eigenvalue weighted by Crippen LogP contribution is -2.21. The van der Waals surface area contributed by atoms with Gasteiger partial charge in [0.15, 0.2) is 0 Å². The molecular formula is C16H15F3N2O2. The molecule has 2 aromatic rings. The lowest BCUT2D eigenvalue weighted by atomic mass is 10.2. The van der Waals surface area contributed by atoms with Crippen molar-refractivity contribution in [1.82, 2.24) is 0 Å². The Hall–Kier alpha value is -2.70. The van der Waals surface area contributed by atoms with Crippen molar-refractivity contribution in [3.63, 3.8) is 0 Å². The number of benzene rings is 2. The minimum Gasteiger partial charge on any atom is -0.406 e. The third-order valence-electron chi connectivity index (χ3n) is 2.88. The first-order valence-electron chi connectivity index (χ1n) is 6.78. The average molecular weight is 324 g/mol. The number of halogens is 3. The molecule has 0 saturated carbocycles. The molecule has 0 aliphatic heterocycles. The largest absolute Gasteiger partial charge is 0.573 e. The maximum absolute atomic E-state index is 12.0. The fraction of sp³-hybridized carbons (Fsp3) is 0.188. The highest BCUT2D eigenvalue weighted by atomic mass is 19.4. The van der Waals surface area contributed by atoms with Crippen LogP contribution < -0.4 is 15.4 Å². The lowest BCUT2D eigenvalue weighted by Gasteiger charge is -2.10. The van der Waals surface area contributed by atoms with E-state index >= 15 is 0 Å². The molecule has 7 heteroatoms. The molecule has 0 radical (unpaired) electrons. The molecule has 0 bridgehead atoms. The Kier molecular flexibility index (Phi) is 5.10. The summed E-state index contributed by atoms with van der Waals surface area (Å²) in [5, 5.41) is 5.52. The number of rotatable bonds is 5. The summed E-state index contributed by atoms with van der Waals surface area (Å²) in [6.07, 6.45) is -4.72. The van der Waals surface area contributed by atoms with Gasteiger partial charge in [0, 0.05) is 11.4 Å². The van der Waals surface area contributed by atoms with Gasteiger partial charge in [-0.25, -0.2) is 0 Å². The van der Waals surface area contributed by atoms with Crippen LogP contribution in [-0.2, 0) is 4.79 Å². The van der Waals surface area contributed by atoms with E-state index in [-0.39, 0.29) is 18.2 Å². The first kappa shape index (κ1) is 16.7. The summed E-state index contributed by atoms with van der Waals surface area (Å²) < 4.78 is 39.9. The molecule has 1 amide bonds. The van der Waals surface area contributed by atoms with Gasteiger partial charge in [0.05, 0.1) is 6.54 Å². The maximum Gasteiger partial charge on any atom is 0.573 e. The number of carbonyl (C=O) groups is 1. The van der Waals surface area contributed by atoms with Gasteiger partial charge in [-0.2, -0.15) is 0 Å². The molecule has 2 rings (SSSR count). The molecular weight excluding hydrogens is 309 g/mol. The van der Waals surface area contributed by atoms with Crippen molar-refractivity contribution in [2.24, 2.45) is 0 Å². The fourth-order valence-electron chi connectivity index (χ4n) is 1.80. The third-order valence-corrected chi connectivity index (χ3v) is 2.88. The molecule has 0 aliphatic rings. The second kappa shape index (κ2) is 7.04. The van der Waals surface area contributed by atoms with Crippen LogP contribution in [0.15, 0.2) is 48.5 Å². The first-order chi connectivity index (χ1) is 10.8. The predicted octanol–water partition coefficient (Wildman–Crippen LogP) is 3.94. The molecule has 2 aromatic carbocycles. The van der Waals surface area contributed by atoms with E-state index in [1.165, 1.54) is 24.3 Å². The average Bonchev–Trinajstić information content (AvgIpc) is 2.47. The summed E-state index contributed by atoms with van der Waals surface area (Å²) in [4.78, 5) is 11.8. The molecule has 4 nitrogen and oxygen atoms in total. The smallest absolute Gasteiger partial charge is 0.406 e. The zero-order valence-corrected chi connectivity index (χ0v) is 12.3. The van der Waals surface area contributed by atoms with Gasteiger partial charge in [-0.3, -0.25) is 4.79 Å². The molecule has 2 N–H and O–H groups in total. The molecule has 0 heterocycles. The van der Waals surface area contributed by atoms with Crippen molar-refractivity contribution < 1.29 is 22.7 Å². The third kappa shape index (κ3) is 5.90. The minimum atomic E-state index is -4.72. The second-order valence-corrected chi connectivity index (χ2v) is 4.84. The number of aryl methyl sites for hydroxylation is 1. The predicted molar refractivity (Wildman–Crippen MR) is 81.4 cm³/mol. The molecule has 122 valence electrons. The zero-order chi connectivity index (χ0) is 16.9. The summed E-state index contributed by atoms with van der Waals surface area (Å²) in [6.45, 7) is 1.94. The Balaban J connectivity index is 1.83. The molecule has 23 heavy (non-hydrogen) atoms. The molecule has 0 aliphatic carbocycles. The summed E-state index contributed by atoms with van der Waals surface area (Å²) >= 11 is 0. The highest BCUT2D eigenvalue weighted by molar-refractivity contribution is 5.93. The van der Waals surface area contributed by atoms with Gasteiger partial charge in [-0.1, -0.05) is 17.7 Å². The highest BCUT2D eigenvalue weighted by Gasteiger charge is 2.30. The van der Waals surface area contributed by atoms with Crippen LogP contribution in [0.25, 0.3) is 0 Å². The van der Waals surface area contributed by atoms with Gasteiger partial charge in [-0.05, 0) is 43.3 Å². The Morgan fingerprint density at radius 2 is 1.57 bits per heavy atom. The summed E-state index contributed by atoms with van der Waals surface area (Å²) in [5.41, 5.74) is 2.28. The van der Waals surface area contributed by atoms with E-state index in [4.69, 9.17) is 0 Å². The zero-order valence-electron chi connectivity index (χ0n) is 12.3. The van der Waals surface area contributed by atoms with Gasteiger partial charge in [0.25, 0.3) is 0 Å². The highest BCUT2D eigenvalue weighted by Crippen LogP contribution is 2.23. The molecule has 0 fully saturated rings. The van der Waals surface area contributed by atoms with Gasteiger partial charge in [-0.15, -0.1) is 13.2 Å². The van der Waals surface area contributed by atoms with Crippen LogP contribution in [0, 0.1) is 6.92 Å². The van der Waals surface area contributed by atoms with E-state index in [1.54, 1.807) is 12.1 Å².